The van der Waals surface area contributed by atoms with Gasteiger partial charge in [0.15, 0.2) is 5.82 Å². The molecular weight excluding hydrogens is 535 g/mol. The highest BCUT2D eigenvalue weighted by Gasteiger charge is 2.59. The number of aromatic amines is 1. The smallest absolute Gasteiger partial charge is 0.411 e. The maximum Gasteiger partial charge on any atom is 0.411 e. The van der Waals surface area contributed by atoms with Gasteiger partial charge in [0.25, 0.3) is 0 Å². The number of nitrogens with one attached hydrogen (secondary N) is 2. The zero-order valence-corrected chi connectivity index (χ0v) is 20.4. The number of alkyl halides is 6. The van der Waals surface area contributed by atoms with Crippen LogP contribution in [0.5, 0.6) is 5.75 Å². The molecule has 1 saturated carbocycles. The molecule has 8 nitrogen and oxygen atoms in total. The van der Waals surface area contributed by atoms with Crippen molar-refractivity contribution in [3.63, 3.8) is 0 Å². The first-order valence-corrected chi connectivity index (χ1v) is 12.3. The Morgan fingerprint density at radius 2 is 1.87 bits per heavy atom. The van der Waals surface area contributed by atoms with Gasteiger partial charge in [0.05, 0.1) is 12.3 Å². The van der Waals surface area contributed by atoms with E-state index >= 15 is 4.39 Å². The summed E-state index contributed by atoms with van der Waals surface area (Å²) in [5.41, 5.74) is -2.66. The number of tetrazole rings is 1. The molecule has 2 aliphatic rings. The fourth-order valence-electron chi connectivity index (χ4n) is 4.67. The van der Waals surface area contributed by atoms with Crippen LogP contribution in [0.1, 0.15) is 49.2 Å². The Morgan fingerprint density at radius 1 is 1.08 bits per heavy atom. The summed E-state index contributed by atoms with van der Waals surface area (Å²) in [7, 11) is 0. The molecular formula is C24H24F7N7O. The second-order valence-electron chi connectivity index (χ2n) is 9.72. The molecule has 0 unspecified atom stereocenters. The second-order valence-corrected chi connectivity index (χ2v) is 9.72. The van der Waals surface area contributed by atoms with E-state index < -0.39 is 42.1 Å². The molecule has 0 bridgehead atoms. The van der Waals surface area contributed by atoms with E-state index in [1.165, 1.54) is 0 Å². The molecule has 1 atom stereocenters. The standard InChI is InChI=1S/C24H24F7N7O/c25-19-10-15(39-9-1-7-23(26,27)28)4-5-18(19)22(24(29,30)31)11-16(17(12-32-22)21-33-36-37-34-21)20-6-8-38(35-20)13-14-2-3-14/h4-6,8,10,14,32H,1-3,7,9,11-13H2,(H,33,34,36,37)/t22-/m0/s1. The fourth-order valence-corrected chi connectivity index (χ4v) is 4.67. The summed E-state index contributed by atoms with van der Waals surface area (Å²) in [5.74, 6) is -0.741. The van der Waals surface area contributed by atoms with Crippen molar-refractivity contribution in [3.8, 4) is 5.75 Å². The van der Waals surface area contributed by atoms with Crippen LogP contribution < -0.4 is 10.1 Å². The van der Waals surface area contributed by atoms with E-state index in [4.69, 9.17) is 4.74 Å². The summed E-state index contributed by atoms with van der Waals surface area (Å²) in [6.07, 6.45) is -7.68. The number of rotatable bonds is 9. The van der Waals surface area contributed by atoms with Crippen molar-refractivity contribution < 1.29 is 35.5 Å². The Labute approximate surface area is 217 Å². The minimum absolute atomic E-state index is 0.160. The van der Waals surface area contributed by atoms with E-state index in [-0.39, 0.29) is 36.7 Å². The monoisotopic (exact) mass is 559 g/mol. The average molecular weight is 559 g/mol. The highest BCUT2D eigenvalue weighted by atomic mass is 19.4. The van der Waals surface area contributed by atoms with Crippen molar-refractivity contribution >= 4 is 11.1 Å². The molecule has 0 amide bonds. The molecule has 3 heterocycles. The molecule has 0 radical (unpaired) electrons. The summed E-state index contributed by atoms with van der Waals surface area (Å²) in [4.78, 5) is 0. The van der Waals surface area contributed by atoms with Crippen molar-refractivity contribution in [1.29, 1.82) is 0 Å². The topological polar surface area (TPSA) is 93.5 Å². The van der Waals surface area contributed by atoms with Crippen LogP contribution in [0.4, 0.5) is 30.7 Å². The quantitative estimate of drug-likeness (QED) is 0.282. The number of halogens is 7. The van der Waals surface area contributed by atoms with Crippen molar-refractivity contribution in [2.24, 2.45) is 5.92 Å². The minimum atomic E-state index is -4.95. The van der Waals surface area contributed by atoms with Crippen molar-refractivity contribution in [2.75, 3.05) is 13.2 Å². The van der Waals surface area contributed by atoms with E-state index in [1.54, 1.807) is 16.9 Å². The van der Waals surface area contributed by atoms with Crippen molar-refractivity contribution in [3.05, 3.63) is 53.4 Å². The highest BCUT2D eigenvalue weighted by Crippen LogP contribution is 2.50. The summed E-state index contributed by atoms with van der Waals surface area (Å²) in [6.45, 7) is -0.0729. The van der Waals surface area contributed by atoms with Crippen LogP contribution in [0.3, 0.4) is 0 Å². The third kappa shape index (κ3) is 5.92. The number of ether oxygens (including phenoxy) is 1. The van der Waals surface area contributed by atoms with Gasteiger partial charge in [0.1, 0.15) is 17.1 Å². The van der Waals surface area contributed by atoms with Gasteiger partial charge in [-0.1, -0.05) is 6.07 Å². The fraction of sp³-hybridized carbons (Fsp3) is 0.500. The zero-order chi connectivity index (χ0) is 27.8. The normalized spacial score (nSPS) is 20.5. The Hall–Kier alpha value is -3.49. The van der Waals surface area contributed by atoms with E-state index in [1.807, 2.05) is 0 Å². The molecule has 1 aromatic carbocycles. The first-order valence-electron chi connectivity index (χ1n) is 12.3. The Kier molecular flexibility index (Phi) is 7.11. The Balaban J connectivity index is 1.47. The predicted octanol–water partition coefficient (Wildman–Crippen LogP) is 5.03. The molecule has 1 aliphatic carbocycles. The lowest BCUT2D eigenvalue weighted by atomic mass is 9.77. The number of aromatic nitrogens is 6. The lowest BCUT2D eigenvalue weighted by molar-refractivity contribution is -0.200. The van der Waals surface area contributed by atoms with Gasteiger partial charge in [-0.3, -0.25) is 10.00 Å². The maximum atomic E-state index is 15.3. The molecule has 15 heteroatoms. The van der Waals surface area contributed by atoms with Crippen LogP contribution >= 0.6 is 0 Å². The second kappa shape index (κ2) is 10.2. The van der Waals surface area contributed by atoms with E-state index in [0.29, 0.717) is 23.7 Å². The molecule has 2 N–H and O–H groups in total. The molecule has 39 heavy (non-hydrogen) atoms. The zero-order valence-electron chi connectivity index (χ0n) is 20.4. The molecule has 1 fully saturated rings. The highest BCUT2D eigenvalue weighted by molar-refractivity contribution is 5.90. The van der Waals surface area contributed by atoms with Crippen LogP contribution in [-0.2, 0) is 12.1 Å². The molecule has 3 aromatic rings. The number of benzene rings is 1. The maximum absolute atomic E-state index is 15.3. The molecule has 1 aliphatic heterocycles. The summed E-state index contributed by atoms with van der Waals surface area (Å²) < 4.78 is 104. The largest absolute Gasteiger partial charge is 0.493 e. The molecule has 2 aromatic heterocycles. The van der Waals surface area contributed by atoms with Gasteiger partial charge >= 0.3 is 12.4 Å². The third-order valence-corrected chi connectivity index (χ3v) is 6.85. The number of hydrogen-bond donors (Lipinski definition) is 2. The van der Waals surface area contributed by atoms with Gasteiger partial charge in [-0.15, -0.1) is 5.10 Å². The number of H-pyrrole nitrogens is 1. The Bertz CT molecular complexity index is 1330. The minimum Gasteiger partial charge on any atom is -0.493 e. The van der Waals surface area contributed by atoms with Gasteiger partial charge in [-0.05, 0) is 53.3 Å². The van der Waals surface area contributed by atoms with Crippen LogP contribution in [0.15, 0.2) is 30.5 Å². The summed E-state index contributed by atoms with van der Waals surface area (Å²) in [5, 5.41) is 20.4. The van der Waals surface area contributed by atoms with Gasteiger partial charge < -0.3 is 4.74 Å². The van der Waals surface area contributed by atoms with Crippen LogP contribution in [0, 0.1) is 11.7 Å². The van der Waals surface area contributed by atoms with Crippen LogP contribution in [0.2, 0.25) is 0 Å². The third-order valence-electron chi connectivity index (χ3n) is 6.85. The average Bonchev–Trinajstić information content (AvgIpc) is 3.30. The molecule has 5 rings (SSSR count). The first-order chi connectivity index (χ1) is 18.5. The van der Waals surface area contributed by atoms with Crippen LogP contribution in [0.25, 0.3) is 11.1 Å². The molecule has 210 valence electrons. The van der Waals surface area contributed by atoms with E-state index in [9.17, 15) is 26.3 Å². The molecule has 0 saturated heterocycles. The van der Waals surface area contributed by atoms with Crippen LogP contribution in [-0.4, -0.2) is 55.9 Å². The van der Waals surface area contributed by atoms with Gasteiger partial charge in [-0.2, -0.15) is 31.4 Å². The first kappa shape index (κ1) is 27.1. The van der Waals surface area contributed by atoms with Crippen molar-refractivity contribution in [1.82, 2.24) is 35.7 Å². The van der Waals surface area contributed by atoms with Crippen molar-refractivity contribution in [2.45, 2.75) is 56.5 Å². The van der Waals surface area contributed by atoms with Gasteiger partial charge in [-0.25, -0.2) is 9.49 Å². The number of nitrogens with zero attached hydrogens (tertiary/aromatic N) is 5. The Morgan fingerprint density at radius 3 is 2.51 bits per heavy atom. The van der Waals surface area contributed by atoms with E-state index in [2.05, 4.69) is 31.0 Å². The SMILES string of the molecule is Fc1cc(OCCCC(F)(F)F)ccc1[C@]1(C(F)(F)F)CC(c2ccn(CC3CC3)n2)=C(c2nnn[nH]2)CN1. The molecule has 0 spiro atoms. The summed E-state index contributed by atoms with van der Waals surface area (Å²) in [6, 6.07) is 4.42. The lowest BCUT2D eigenvalue weighted by Gasteiger charge is -2.41. The lowest BCUT2D eigenvalue weighted by Crippen LogP contribution is -2.57. The summed E-state index contributed by atoms with van der Waals surface area (Å²) >= 11 is 0. The number of hydrogen-bond acceptors (Lipinski definition) is 6. The van der Waals surface area contributed by atoms with Gasteiger partial charge in [0.2, 0.25) is 0 Å². The predicted molar refractivity (Wildman–Crippen MR) is 123 cm³/mol. The van der Waals surface area contributed by atoms with E-state index in [0.717, 1.165) is 31.0 Å². The van der Waals surface area contributed by atoms with Gasteiger partial charge in [0, 0.05) is 49.3 Å².